The third-order valence-electron chi connectivity index (χ3n) is 2.98. The number of hydrogen-bond donors (Lipinski definition) is 2. The van der Waals surface area contributed by atoms with Crippen LogP contribution in [0.5, 0.6) is 0 Å². The zero-order chi connectivity index (χ0) is 18.9. The first-order valence-electron chi connectivity index (χ1n) is 7.48. The van der Waals surface area contributed by atoms with Crippen molar-refractivity contribution >= 4 is 41.1 Å². The van der Waals surface area contributed by atoms with Crippen molar-refractivity contribution in [1.82, 2.24) is 5.16 Å². The third kappa shape index (κ3) is 6.55. The zero-order valence-corrected chi connectivity index (χ0v) is 14.5. The van der Waals surface area contributed by atoms with Crippen LogP contribution in [0.1, 0.15) is 6.92 Å². The fourth-order valence-corrected chi connectivity index (χ4v) is 2.39. The van der Waals surface area contributed by atoms with Crippen LogP contribution < -0.4 is 10.6 Å². The van der Waals surface area contributed by atoms with Crippen LogP contribution in [0.15, 0.2) is 41.1 Å². The van der Waals surface area contributed by atoms with E-state index in [-0.39, 0.29) is 17.5 Å². The molecule has 26 heavy (non-hydrogen) atoms. The predicted octanol–water partition coefficient (Wildman–Crippen LogP) is 2.06. The number of thioether (sulfide) groups is 1. The lowest BCUT2D eigenvalue weighted by Gasteiger charge is -2.11. The molecule has 2 N–H and O–H groups in total. The number of ether oxygens (including phenoxy) is 1. The normalized spacial score (nSPS) is 11.5. The summed E-state index contributed by atoms with van der Waals surface area (Å²) < 4.78 is 22.2. The van der Waals surface area contributed by atoms with Crippen molar-refractivity contribution in [3.05, 3.63) is 42.4 Å². The monoisotopic (exact) mass is 381 g/mol. The van der Waals surface area contributed by atoms with Gasteiger partial charge in [-0.1, -0.05) is 5.16 Å². The van der Waals surface area contributed by atoms with Crippen molar-refractivity contribution in [2.75, 3.05) is 23.0 Å². The van der Waals surface area contributed by atoms with Gasteiger partial charge in [-0.05, 0) is 31.2 Å². The van der Waals surface area contributed by atoms with Gasteiger partial charge in [-0.25, -0.2) is 4.39 Å². The van der Waals surface area contributed by atoms with E-state index in [1.807, 2.05) is 0 Å². The van der Waals surface area contributed by atoms with Crippen LogP contribution >= 0.6 is 11.8 Å². The molecule has 0 spiro atoms. The number of carbonyl (C=O) groups is 3. The summed E-state index contributed by atoms with van der Waals surface area (Å²) in [5.74, 6) is -1.71. The van der Waals surface area contributed by atoms with E-state index in [2.05, 4.69) is 20.3 Å². The predicted molar refractivity (Wildman–Crippen MR) is 93.0 cm³/mol. The summed E-state index contributed by atoms with van der Waals surface area (Å²) in [7, 11) is 0. The van der Waals surface area contributed by atoms with Gasteiger partial charge in [-0.15, -0.1) is 11.8 Å². The molecule has 0 bridgehead atoms. The smallest absolute Gasteiger partial charge is 0.319 e. The second kappa shape index (κ2) is 9.56. The molecule has 10 heteroatoms. The molecule has 0 aliphatic carbocycles. The van der Waals surface area contributed by atoms with E-state index in [0.717, 1.165) is 11.8 Å². The van der Waals surface area contributed by atoms with Gasteiger partial charge in [-0.3, -0.25) is 14.4 Å². The Morgan fingerprint density at radius 2 is 1.92 bits per heavy atom. The molecule has 0 saturated heterocycles. The summed E-state index contributed by atoms with van der Waals surface area (Å²) in [5.41, 5.74) is 0.455. The van der Waals surface area contributed by atoms with Crippen molar-refractivity contribution in [2.24, 2.45) is 0 Å². The van der Waals surface area contributed by atoms with E-state index >= 15 is 0 Å². The Kier molecular flexibility index (Phi) is 7.15. The van der Waals surface area contributed by atoms with E-state index in [1.165, 1.54) is 36.6 Å². The summed E-state index contributed by atoms with van der Waals surface area (Å²) in [6.45, 7) is 1.09. The summed E-state index contributed by atoms with van der Waals surface area (Å²) in [6.07, 6.45) is 1.29. The summed E-state index contributed by atoms with van der Waals surface area (Å²) in [5, 5.41) is 7.80. The lowest BCUT2D eigenvalue weighted by atomic mass is 10.3. The molecule has 1 aromatic carbocycles. The number of aromatic nitrogens is 1. The Morgan fingerprint density at radius 3 is 2.58 bits per heavy atom. The number of benzene rings is 1. The Balaban J connectivity index is 1.66. The van der Waals surface area contributed by atoms with Gasteiger partial charge < -0.3 is 19.9 Å². The van der Waals surface area contributed by atoms with Crippen LogP contribution in [-0.2, 0) is 19.1 Å². The molecule has 0 radical (unpaired) electrons. The Labute approximate surface area is 152 Å². The Hall–Kier alpha value is -2.88. The highest BCUT2D eigenvalue weighted by molar-refractivity contribution is 8.01. The van der Waals surface area contributed by atoms with Crippen LogP contribution in [0.3, 0.4) is 0 Å². The van der Waals surface area contributed by atoms with E-state index in [1.54, 1.807) is 6.92 Å². The van der Waals surface area contributed by atoms with Crippen LogP contribution in [0.2, 0.25) is 0 Å². The molecule has 1 aromatic heterocycles. The minimum atomic E-state index is -0.645. The number of rotatable bonds is 8. The molecule has 0 fully saturated rings. The number of anilines is 2. The molecule has 1 heterocycles. The molecule has 0 aliphatic heterocycles. The van der Waals surface area contributed by atoms with Gasteiger partial charge in [0.1, 0.15) is 17.3 Å². The highest BCUT2D eigenvalue weighted by Gasteiger charge is 2.18. The van der Waals surface area contributed by atoms with Crippen molar-refractivity contribution in [2.45, 2.75) is 12.2 Å². The third-order valence-corrected chi connectivity index (χ3v) is 4.10. The second-order valence-electron chi connectivity index (χ2n) is 5.05. The van der Waals surface area contributed by atoms with Gasteiger partial charge in [0, 0.05) is 11.8 Å². The Bertz CT molecular complexity index is 752. The maximum Gasteiger partial charge on any atom is 0.319 e. The summed E-state index contributed by atoms with van der Waals surface area (Å²) in [4.78, 5) is 35.2. The lowest BCUT2D eigenvalue weighted by molar-refractivity contribution is -0.146. The minimum absolute atomic E-state index is 0.00121. The first-order valence-corrected chi connectivity index (χ1v) is 8.53. The van der Waals surface area contributed by atoms with Gasteiger partial charge >= 0.3 is 5.97 Å². The van der Waals surface area contributed by atoms with E-state index in [9.17, 15) is 18.8 Å². The number of carbonyl (C=O) groups excluding carboxylic acids is 3. The molecular formula is C16H16FN3O5S. The zero-order valence-electron chi connectivity index (χ0n) is 13.7. The molecule has 138 valence electrons. The van der Waals surface area contributed by atoms with Crippen LogP contribution in [0, 0.1) is 5.82 Å². The molecule has 1 unspecified atom stereocenters. The fraction of sp³-hybridized carbons (Fsp3) is 0.250. The van der Waals surface area contributed by atoms with Crippen LogP contribution in [-0.4, -0.2) is 40.6 Å². The van der Waals surface area contributed by atoms with Gasteiger partial charge in [-0.2, -0.15) is 0 Å². The second-order valence-corrected chi connectivity index (χ2v) is 6.38. The first kappa shape index (κ1) is 19.4. The minimum Gasteiger partial charge on any atom is -0.455 e. The molecule has 2 rings (SSSR count). The standard InChI is InChI=1S/C16H16FN3O5S/c1-10(16(23)24-8-14(21)19-13-6-7-25-20-13)26-9-15(22)18-12-4-2-11(17)3-5-12/h2-7,10H,8-9H2,1H3,(H,18,22)(H,19,20,21). The van der Waals surface area contributed by atoms with Crippen molar-refractivity contribution in [3.8, 4) is 0 Å². The SMILES string of the molecule is CC(SCC(=O)Nc1ccc(F)cc1)C(=O)OCC(=O)Nc1ccon1. The number of amides is 2. The van der Waals surface area contributed by atoms with Crippen molar-refractivity contribution in [3.63, 3.8) is 0 Å². The lowest BCUT2D eigenvalue weighted by Crippen LogP contribution is -2.26. The molecule has 1 atom stereocenters. The largest absolute Gasteiger partial charge is 0.455 e. The van der Waals surface area contributed by atoms with Gasteiger partial charge in [0.25, 0.3) is 5.91 Å². The van der Waals surface area contributed by atoms with E-state index < -0.39 is 29.6 Å². The summed E-state index contributed by atoms with van der Waals surface area (Å²) in [6, 6.07) is 6.77. The number of nitrogens with zero attached hydrogens (tertiary/aromatic N) is 1. The maximum absolute atomic E-state index is 12.8. The van der Waals surface area contributed by atoms with E-state index in [4.69, 9.17) is 4.74 Å². The fourth-order valence-electron chi connectivity index (χ4n) is 1.71. The summed E-state index contributed by atoms with van der Waals surface area (Å²) >= 11 is 1.05. The number of hydrogen-bond acceptors (Lipinski definition) is 7. The number of nitrogens with one attached hydrogen (secondary N) is 2. The van der Waals surface area contributed by atoms with Crippen molar-refractivity contribution in [1.29, 1.82) is 0 Å². The quantitative estimate of drug-likeness (QED) is 0.673. The van der Waals surface area contributed by atoms with Crippen LogP contribution in [0.4, 0.5) is 15.9 Å². The molecule has 8 nitrogen and oxygen atoms in total. The molecule has 0 aliphatic rings. The van der Waals surface area contributed by atoms with Crippen LogP contribution in [0.25, 0.3) is 0 Å². The van der Waals surface area contributed by atoms with Crippen molar-refractivity contribution < 1.29 is 28.0 Å². The maximum atomic E-state index is 12.8. The van der Waals surface area contributed by atoms with Gasteiger partial charge in [0.05, 0.1) is 5.75 Å². The molecule has 2 aromatic rings. The average Bonchev–Trinajstić information content (AvgIpc) is 3.12. The first-order chi connectivity index (χ1) is 12.4. The molecule has 2 amide bonds. The van der Waals surface area contributed by atoms with Gasteiger partial charge in [0.15, 0.2) is 12.4 Å². The highest BCUT2D eigenvalue weighted by Crippen LogP contribution is 2.14. The molecule has 0 saturated carbocycles. The number of esters is 1. The van der Waals surface area contributed by atoms with E-state index in [0.29, 0.717) is 5.69 Å². The Morgan fingerprint density at radius 1 is 1.19 bits per heavy atom. The topological polar surface area (TPSA) is 111 Å². The molecular weight excluding hydrogens is 365 g/mol. The number of halogens is 1. The van der Waals surface area contributed by atoms with Gasteiger partial charge in [0.2, 0.25) is 5.91 Å². The average molecular weight is 381 g/mol. The highest BCUT2D eigenvalue weighted by atomic mass is 32.2.